The first-order valence-corrected chi connectivity index (χ1v) is 5.05. The number of aromatic nitrogens is 2. The van der Waals surface area contributed by atoms with Gasteiger partial charge < -0.3 is 5.73 Å². The number of hydrogen-bond acceptors (Lipinski definition) is 2. The number of aryl methyl sites for hydroxylation is 2. The summed E-state index contributed by atoms with van der Waals surface area (Å²) in [5, 5.41) is 4.27. The molecule has 1 atom stereocenters. The Bertz CT molecular complexity index is 343. The molecule has 1 aliphatic rings. The largest absolute Gasteiger partial charge is 0.369 e. The van der Waals surface area contributed by atoms with Gasteiger partial charge in [-0.3, -0.25) is 9.48 Å². The highest BCUT2D eigenvalue weighted by Gasteiger charge is 2.25. The second-order valence-corrected chi connectivity index (χ2v) is 3.77. The molecule has 0 saturated carbocycles. The first-order valence-electron chi connectivity index (χ1n) is 5.05. The van der Waals surface area contributed by atoms with Crippen molar-refractivity contribution in [3.63, 3.8) is 0 Å². The Hall–Kier alpha value is -1.32. The molecule has 4 heteroatoms. The van der Waals surface area contributed by atoms with E-state index in [0.717, 1.165) is 25.8 Å². The molecule has 1 amide bonds. The SMILES string of the molecule is CCn1ncc2c1C[C@@H](C(N)=O)CC2. The monoisotopic (exact) mass is 193 g/mol. The molecule has 14 heavy (non-hydrogen) atoms. The van der Waals surface area contributed by atoms with Gasteiger partial charge >= 0.3 is 0 Å². The Balaban J connectivity index is 2.27. The molecule has 1 aromatic heterocycles. The normalized spacial score (nSPS) is 20.5. The van der Waals surface area contributed by atoms with E-state index in [0.29, 0.717) is 0 Å². The van der Waals surface area contributed by atoms with Gasteiger partial charge in [0.25, 0.3) is 0 Å². The summed E-state index contributed by atoms with van der Waals surface area (Å²) in [6.45, 7) is 2.92. The molecular formula is C10H15N3O. The van der Waals surface area contributed by atoms with Crippen molar-refractivity contribution in [3.05, 3.63) is 17.5 Å². The summed E-state index contributed by atoms with van der Waals surface area (Å²) in [7, 11) is 0. The minimum atomic E-state index is -0.181. The van der Waals surface area contributed by atoms with Crippen LogP contribution >= 0.6 is 0 Å². The summed E-state index contributed by atoms with van der Waals surface area (Å²) in [5.41, 5.74) is 7.79. The van der Waals surface area contributed by atoms with E-state index in [1.165, 1.54) is 11.3 Å². The summed E-state index contributed by atoms with van der Waals surface area (Å²) < 4.78 is 1.96. The number of fused-ring (bicyclic) bond motifs is 1. The van der Waals surface area contributed by atoms with E-state index in [-0.39, 0.29) is 11.8 Å². The van der Waals surface area contributed by atoms with Crippen molar-refractivity contribution in [2.45, 2.75) is 32.7 Å². The molecule has 1 aromatic rings. The van der Waals surface area contributed by atoms with Gasteiger partial charge in [-0.05, 0) is 25.3 Å². The minimum absolute atomic E-state index is 0.00417. The van der Waals surface area contributed by atoms with Gasteiger partial charge in [0, 0.05) is 24.6 Å². The van der Waals surface area contributed by atoms with Crippen LogP contribution in [-0.2, 0) is 24.2 Å². The lowest BCUT2D eigenvalue weighted by atomic mass is 9.87. The standard InChI is InChI=1S/C10H15N3O/c1-2-13-9-5-7(10(11)14)3-4-8(9)6-12-13/h6-7H,2-5H2,1H3,(H2,11,14)/t7-/m0/s1. The highest BCUT2D eigenvalue weighted by molar-refractivity contribution is 5.77. The predicted octanol–water partition coefficient (Wildman–Crippen LogP) is 0.493. The molecule has 0 aromatic carbocycles. The molecule has 0 saturated heterocycles. The van der Waals surface area contributed by atoms with Gasteiger partial charge in [0.2, 0.25) is 5.91 Å². The molecule has 1 heterocycles. The maximum atomic E-state index is 11.1. The summed E-state index contributed by atoms with van der Waals surface area (Å²) in [6.07, 6.45) is 4.48. The van der Waals surface area contributed by atoms with Crippen molar-refractivity contribution >= 4 is 5.91 Å². The fourth-order valence-electron chi connectivity index (χ4n) is 2.08. The Labute approximate surface area is 83.1 Å². The summed E-state index contributed by atoms with van der Waals surface area (Å²) >= 11 is 0. The number of amides is 1. The Morgan fingerprint density at radius 3 is 3.21 bits per heavy atom. The summed E-state index contributed by atoms with van der Waals surface area (Å²) in [6, 6.07) is 0. The van der Waals surface area contributed by atoms with Gasteiger partial charge in [-0.1, -0.05) is 0 Å². The lowest BCUT2D eigenvalue weighted by Crippen LogP contribution is -2.29. The molecule has 0 bridgehead atoms. The van der Waals surface area contributed by atoms with Gasteiger partial charge in [0.1, 0.15) is 0 Å². The van der Waals surface area contributed by atoms with Gasteiger partial charge in [0.05, 0.1) is 6.20 Å². The second-order valence-electron chi connectivity index (χ2n) is 3.77. The van der Waals surface area contributed by atoms with Crippen molar-refractivity contribution < 1.29 is 4.79 Å². The number of rotatable bonds is 2. The third-order valence-electron chi connectivity index (χ3n) is 2.94. The van der Waals surface area contributed by atoms with E-state index < -0.39 is 0 Å². The predicted molar refractivity (Wildman–Crippen MR) is 52.6 cm³/mol. The number of carbonyl (C=O) groups excluding carboxylic acids is 1. The third-order valence-corrected chi connectivity index (χ3v) is 2.94. The van der Waals surface area contributed by atoms with Crippen LogP contribution in [-0.4, -0.2) is 15.7 Å². The third kappa shape index (κ3) is 1.41. The molecule has 4 nitrogen and oxygen atoms in total. The molecule has 1 aliphatic carbocycles. The number of hydrogen-bond donors (Lipinski definition) is 1. The topological polar surface area (TPSA) is 60.9 Å². The quantitative estimate of drug-likeness (QED) is 0.743. The van der Waals surface area contributed by atoms with E-state index in [2.05, 4.69) is 12.0 Å². The maximum Gasteiger partial charge on any atom is 0.220 e. The fraction of sp³-hybridized carbons (Fsp3) is 0.600. The van der Waals surface area contributed by atoms with Crippen molar-refractivity contribution in [2.75, 3.05) is 0 Å². The maximum absolute atomic E-state index is 11.1. The van der Waals surface area contributed by atoms with Crippen LogP contribution < -0.4 is 5.73 Å². The van der Waals surface area contributed by atoms with Crippen LogP contribution in [0, 0.1) is 5.92 Å². The van der Waals surface area contributed by atoms with Gasteiger partial charge in [0.15, 0.2) is 0 Å². The molecule has 0 unspecified atom stereocenters. The lowest BCUT2D eigenvalue weighted by Gasteiger charge is -2.20. The van der Waals surface area contributed by atoms with E-state index in [9.17, 15) is 4.79 Å². The molecule has 0 fully saturated rings. The van der Waals surface area contributed by atoms with Gasteiger partial charge in [-0.2, -0.15) is 5.10 Å². The van der Waals surface area contributed by atoms with E-state index in [1.807, 2.05) is 10.9 Å². The zero-order chi connectivity index (χ0) is 10.1. The van der Waals surface area contributed by atoms with Crippen LogP contribution in [0.3, 0.4) is 0 Å². The first-order chi connectivity index (χ1) is 6.72. The first kappa shape index (κ1) is 9.24. The number of nitrogens with zero attached hydrogens (tertiary/aromatic N) is 2. The Morgan fingerprint density at radius 1 is 1.79 bits per heavy atom. The van der Waals surface area contributed by atoms with Crippen LogP contribution in [0.2, 0.25) is 0 Å². The zero-order valence-corrected chi connectivity index (χ0v) is 8.36. The smallest absolute Gasteiger partial charge is 0.220 e. The van der Waals surface area contributed by atoms with Gasteiger partial charge in [-0.15, -0.1) is 0 Å². The summed E-state index contributed by atoms with van der Waals surface area (Å²) in [4.78, 5) is 11.1. The van der Waals surface area contributed by atoms with Crippen molar-refractivity contribution in [2.24, 2.45) is 11.7 Å². The van der Waals surface area contributed by atoms with E-state index >= 15 is 0 Å². The minimum Gasteiger partial charge on any atom is -0.369 e. The van der Waals surface area contributed by atoms with Crippen LogP contribution in [0.1, 0.15) is 24.6 Å². The van der Waals surface area contributed by atoms with E-state index in [1.54, 1.807) is 0 Å². The van der Waals surface area contributed by atoms with Gasteiger partial charge in [-0.25, -0.2) is 0 Å². The Morgan fingerprint density at radius 2 is 2.57 bits per heavy atom. The molecular weight excluding hydrogens is 178 g/mol. The van der Waals surface area contributed by atoms with Crippen LogP contribution in [0.25, 0.3) is 0 Å². The lowest BCUT2D eigenvalue weighted by molar-refractivity contribution is -0.122. The molecule has 0 aliphatic heterocycles. The summed E-state index contributed by atoms with van der Waals surface area (Å²) in [5.74, 6) is -0.177. The number of primary amides is 1. The van der Waals surface area contributed by atoms with Crippen molar-refractivity contribution in [3.8, 4) is 0 Å². The fourth-order valence-corrected chi connectivity index (χ4v) is 2.08. The van der Waals surface area contributed by atoms with Crippen molar-refractivity contribution in [1.82, 2.24) is 9.78 Å². The highest BCUT2D eigenvalue weighted by Crippen LogP contribution is 2.24. The zero-order valence-electron chi connectivity index (χ0n) is 8.36. The number of carbonyl (C=O) groups is 1. The van der Waals surface area contributed by atoms with Crippen LogP contribution in [0.4, 0.5) is 0 Å². The molecule has 76 valence electrons. The Kier molecular flexibility index (Phi) is 2.27. The van der Waals surface area contributed by atoms with Crippen molar-refractivity contribution in [1.29, 1.82) is 0 Å². The second kappa shape index (κ2) is 3.44. The molecule has 0 spiro atoms. The highest BCUT2D eigenvalue weighted by atomic mass is 16.1. The molecule has 2 rings (SSSR count). The molecule has 2 N–H and O–H groups in total. The average Bonchev–Trinajstić information content (AvgIpc) is 2.59. The van der Waals surface area contributed by atoms with E-state index in [4.69, 9.17) is 5.73 Å². The molecule has 0 radical (unpaired) electrons. The van der Waals surface area contributed by atoms with Crippen LogP contribution in [0.5, 0.6) is 0 Å². The number of nitrogens with two attached hydrogens (primary N) is 1. The average molecular weight is 193 g/mol. The van der Waals surface area contributed by atoms with Crippen LogP contribution in [0.15, 0.2) is 6.20 Å².